The van der Waals surface area contributed by atoms with Gasteiger partial charge in [0, 0.05) is 24.7 Å². The van der Waals surface area contributed by atoms with E-state index in [-0.39, 0.29) is 5.92 Å². The van der Waals surface area contributed by atoms with Crippen LogP contribution in [0, 0.1) is 17.8 Å². The highest BCUT2D eigenvalue weighted by Gasteiger charge is 2.48. The Hall–Kier alpha value is -1.51. The van der Waals surface area contributed by atoms with E-state index in [1.807, 2.05) is 29.2 Å². The first-order valence-corrected chi connectivity index (χ1v) is 7.30. The SMILES string of the molecule is CCN(Cc1ccc(N)cc1)C(=O)C1CC2CC2C1. The van der Waals surface area contributed by atoms with Crippen LogP contribution in [-0.4, -0.2) is 17.4 Å². The van der Waals surface area contributed by atoms with Crippen LogP contribution in [0.25, 0.3) is 0 Å². The van der Waals surface area contributed by atoms with Crippen molar-refractivity contribution in [1.82, 2.24) is 4.90 Å². The molecule has 3 heteroatoms. The molecule has 0 saturated heterocycles. The number of hydrogen-bond donors (Lipinski definition) is 1. The molecule has 102 valence electrons. The molecule has 0 bridgehead atoms. The van der Waals surface area contributed by atoms with Crippen LogP contribution in [-0.2, 0) is 11.3 Å². The van der Waals surface area contributed by atoms with Crippen molar-refractivity contribution in [2.24, 2.45) is 17.8 Å². The number of nitrogens with zero attached hydrogens (tertiary/aromatic N) is 1. The molecule has 0 aliphatic heterocycles. The lowest BCUT2D eigenvalue weighted by Gasteiger charge is -2.25. The molecule has 0 aromatic heterocycles. The second-order valence-corrected chi connectivity index (χ2v) is 6.02. The molecule has 2 atom stereocenters. The van der Waals surface area contributed by atoms with Gasteiger partial charge < -0.3 is 10.6 Å². The van der Waals surface area contributed by atoms with Crippen molar-refractivity contribution in [3.8, 4) is 0 Å². The summed E-state index contributed by atoms with van der Waals surface area (Å²) in [6.45, 7) is 3.56. The fourth-order valence-corrected chi connectivity index (χ4v) is 3.36. The van der Waals surface area contributed by atoms with Crippen LogP contribution in [0.2, 0.25) is 0 Å². The second-order valence-electron chi connectivity index (χ2n) is 6.02. The van der Waals surface area contributed by atoms with E-state index in [1.54, 1.807) is 0 Å². The van der Waals surface area contributed by atoms with E-state index in [2.05, 4.69) is 6.92 Å². The summed E-state index contributed by atoms with van der Waals surface area (Å²) < 4.78 is 0. The van der Waals surface area contributed by atoms with E-state index in [9.17, 15) is 4.79 Å². The Morgan fingerprint density at radius 3 is 2.42 bits per heavy atom. The summed E-state index contributed by atoms with van der Waals surface area (Å²) >= 11 is 0. The number of anilines is 1. The highest BCUT2D eigenvalue weighted by atomic mass is 16.2. The summed E-state index contributed by atoms with van der Waals surface area (Å²) in [5, 5.41) is 0. The third-order valence-electron chi connectivity index (χ3n) is 4.64. The highest BCUT2D eigenvalue weighted by molar-refractivity contribution is 5.79. The minimum atomic E-state index is 0.289. The Labute approximate surface area is 114 Å². The predicted molar refractivity (Wildman–Crippen MR) is 76.3 cm³/mol. The zero-order valence-electron chi connectivity index (χ0n) is 11.5. The van der Waals surface area contributed by atoms with Crippen LogP contribution < -0.4 is 5.73 Å². The minimum Gasteiger partial charge on any atom is -0.399 e. The maximum Gasteiger partial charge on any atom is 0.225 e. The van der Waals surface area contributed by atoms with Crippen LogP contribution in [0.1, 0.15) is 31.7 Å². The smallest absolute Gasteiger partial charge is 0.225 e. The normalized spacial score (nSPS) is 27.9. The van der Waals surface area contributed by atoms with E-state index in [0.717, 1.165) is 42.5 Å². The summed E-state index contributed by atoms with van der Waals surface area (Å²) in [6.07, 6.45) is 3.62. The molecule has 1 aromatic rings. The summed E-state index contributed by atoms with van der Waals surface area (Å²) in [5.74, 6) is 2.37. The Balaban J connectivity index is 1.63. The number of nitrogens with two attached hydrogens (primary N) is 1. The van der Waals surface area contributed by atoms with Crippen molar-refractivity contribution >= 4 is 11.6 Å². The lowest BCUT2D eigenvalue weighted by atomic mass is 10.0. The summed E-state index contributed by atoms with van der Waals surface area (Å²) in [5.41, 5.74) is 7.62. The molecule has 3 rings (SSSR count). The quantitative estimate of drug-likeness (QED) is 0.844. The van der Waals surface area contributed by atoms with Crippen LogP contribution >= 0.6 is 0 Å². The molecule has 3 nitrogen and oxygen atoms in total. The van der Waals surface area contributed by atoms with Gasteiger partial charge in [-0.25, -0.2) is 0 Å². The van der Waals surface area contributed by atoms with Crippen molar-refractivity contribution in [3.63, 3.8) is 0 Å². The minimum absolute atomic E-state index is 0.289. The van der Waals surface area contributed by atoms with Crippen LogP contribution in [0.5, 0.6) is 0 Å². The fraction of sp³-hybridized carbons (Fsp3) is 0.562. The van der Waals surface area contributed by atoms with E-state index in [0.29, 0.717) is 12.5 Å². The van der Waals surface area contributed by atoms with Gasteiger partial charge in [-0.3, -0.25) is 4.79 Å². The van der Waals surface area contributed by atoms with Gasteiger partial charge in [-0.15, -0.1) is 0 Å². The first-order chi connectivity index (χ1) is 9.17. The molecule has 2 aliphatic rings. The van der Waals surface area contributed by atoms with E-state index >= 15 is 0 Å². The van der Waals surface area contributed by atoms with Gasteiger partial charge in [-0.05, 0) is 55.7 Å². The largest absolute Gasteiger partial charge is 0.399 e. The molecule has 0 heterocycles. The van der Waals surface area contributed by atoms with Crippen LogP contribution in [0.3, 0.4) is 0 Å². The molecular formula is C16H22N2O. The van der Waals surface area contributed by atoms with Gasteiger partial charge in [0.1, 0.15) is 0 Å². The molecular weight excluding hydrogens is 236 g/mol. The van der Waals surface area contributed by atoms with Crippen molar-refractivity contribution in [2.75, 3.05) is 12.3 Å². The number of carbonyl (C=O) groups excluding carboxylic acids is 1. The van der Waals surface area contributed by atoms with Gasteiger partial charge in [-0.2, -0.15) is 0 Å². The molecule has 2 aliphatic carbocycles. The topological polar surface area (TPSA) is 46.3 Å². The number of fused-ring (bicyclic) bond motifs is 1. The number of amides is 1. The first-order valence-electron chi connectivity index (χ1n) is 7.30. The van der Waals surface area contributed by atoms with Crippen molar-refractivity contribution in [3.05, 3.63) is 29.8 Å². The molecule has 2 unspecified atom stereocenters. The Morgan fingerprint density at radius 1 is 1.21 bits per heavy atom. The van der Waals surface area contributed by atoms with Crippen molar-refractivity contribution in [1.29, 1.82) is 0 Å². The van der Waals surface area contributed by atoms with E-state index < -0.39 is 0 Å². The number of carbonyl (C=O) groups is 1. The standard InChI is InChI=1S/C16H22N2O/c1-2-18(10-11-3-5-15(17)6-4-11)16(19)14-8-12-7-13(12)9-14/h3-6,12-14H,2,7-10,17H2,1H3. The maximum atomic E-state index is 12.5. The molecule has 2 N–H and O–H groups in total. The highest BCUT2D eigenvalue weighted by Crippen LogP contribution is 2.54. The lowest BCUT2D eigenvalue weighted by molar-refractivity contribution is -0.136. The van der Waals surface area contributed by atoms with Crippen molar-refractivity contribution in [2.45, 2.75) is 32.7 Å². The Bertz CT molecular complexity index is 458. The zero-order chi connectivity index (χ0) is 13.4. The summed E-state index contributed by atoms with van der Waals surface area (Å²) in [7, 11) is 0. The van der Waals surface area contributed by atoms with Crippen molar-refractivity contribution < 1.29 is 4.79 Å². The van der Waals surface area contributed by atoms with Gasteiger partial charge in [0.15, 0.2) is 0 Å². The zero-order valence-corrected chi connectivity index (χ0v) is 11.5. The molecule has 2 fully saturated rings. The monoisotopic (exact) mass is 258 g/mol. The van der Waals surface area contributed by atoms with E-state index in [4.69, 9.17) is 5.73 Å². The summed E-state index contributed by atoms with van der Waals surface area (Å²) in [4.78, 5) is 14.5. The molecule has 2 saturated carbocycles. The van der Waals surface area contributed by atoms with Gasteiger partial charge in [0.05, 0.1) is 0 Å². The van der Waals surface area contributed by atoms with Crippen LogP contribution in [0.4, 0.5) is 5.69 Å². The van der Waals surface area contributed by atoms with Gasteiger partial charge >= 0.3 is 0 Å². The average Bonchev–Trinajstić information content (AvgIpc) is 3.04. The Morgan fingerprint density at radius 2 is 1.84 bits per heavy atom. The molecule has 19 heavy (non-hydrogen) atoms. The maximum absolute atomic E-state index is 12.5. The third kappa shape index (κ3) is 2.60. The molecule has 1 amide bonds. The Kier molecular flexibility index (Phi) is 3.21. The number of hydrogen-bond acceptors (Lipinski definition) is 2. The van der Waals surface area contributed by atoms with E-state index in [1.165, 1.54) is 6.42 Å². The number of rotatable bonds is 4. The van der Waals surface area contributed by atoms with Gasteiger partial charge in [0.2, 0.25) is 5.91 Å². The predicted octanol–water partition coefficient (Wildman–Crippen LogP) is 2.66. The molecule has 0 radical (unpaired) electrons. The fourth-order valence-electron chi connectivity index (χ4n) is 3.36. The number of benzene rings is 1. The van der Waals surface area contributed by atoms with Gasteiger partial charge in [-0.1, -0.05) is 12.1 Å². The van der Waals surface area contributed by atoms with Crippen LogP contribution in [0.15, 0.2) is 24.3 Å². The third-order valence-corrected chi connectivity index (χ3v) is 4.64. The average molecular weight is 258 g/mol. The number of nitrogen functional groups attached to an aromatic ring is 1. The summed E-state index contributed by atoms with van der Waals surface area (Å²) in [6, 6.07) is 7.83. The lowest BCUT2D eigenvalue weighted by Crippen LogP contribution is -2.35. The second kappa shape index (κ2) is 4.87. The molecule has 1 aromatic carbocycles. The first kappa shape index (κ1) is 12.5. The van der Waals surface area contributed by atoms with Gasteiger partial charge in [0.25, 0.3) is 0 Å². The molecule has 0 spiro atoms.